The molecule has 3 aromatic rings. The minimum Gasteiger partial charge on any atom is -0.289 e. The molecule has 0 aliphatic carbocycles. The van der Waals surface area contributed by atoms with Crippen LogP contribution < -0.4 is 5.32 Å². The normalized spacial score (nSPS) is 10.5. The van der Waals surface area contributed by atoms with E-state index < -0.39 is 5.91 Å². The molecule has 0 spiro atoms. The quantitative estimate of drug-likeness (QED) is 0.760. The fourth-order valence-electron chi connectivity index (χ4n) is 1.88. The third-order valence-corrected chi connectivity index (χ3v) is 3.50. The van der Waals surface area contributed by atoms with Gasteiger partial charge in [0.2, 0.25) is 5.95 Å². The number of halogens is 2. The van der Waals surface area contributed by atoms with Crippen LogP contribution in [0.2, 0.25) is 10.0 Å². The first kappa shape index (κ1) is 14.6. The van der Waals surface area contributed by atoms with E-state index in [1.807, 2.05) is 30.3 Å². The Morgan fingerprint density at radius 2 is 1.86 bits per heavy atom. The lowest BCUT2D eigenvalue weighted by Crippen LogP contribution is -2.13. The Hall–Kier alpha value is -2.37. The highest BCUT2D eigenvalue weighted by atomic mass is 35.5. The van der Waals surface area contributed by atoms with Crippen LogP contribution in [0.1, 0.15) is 10.4 Å². The standard InChI is InChI=1S/C15H10Cl2N4O/c16-10-6-7-12(17)11(8-10)14(22)19-15-18-13(20-21-15)9-4-2-1-3-5-9/h1-8H,(H2,18,19,20,21,22). The molecular formula is C15H10Cl2N4O. The van der Waals surface area contributed by atoms with Gasteiger partial charge in [-0.15, -0.1) is 5.10 Å². The first-order chi connectivity index (χ1) is 10.6. The van der Waals surface area contributed by atoms with Crippen molar-refractivity contribution in [1.82, 2.24) is 15.2 Å². The topological polar surface area (TPSA) is 70.7 Å². The third kappa shape index (κ3) is 3.10. The first-order valence-electron chi connectivity index (χ1n) is 6.38. The summed E-state index contributed by atoms with van der Waals surface area (Å²) in [6.07, 6.45) is 0. The van der Waals surface area contributed by atoms with Crippen LogP contribution in [0.4, 0.5) is 5.95 Å². The smallest absolute Gasteiger partial charge is 0.259 e. The summed E-state index contributed by atoms with van der Waals surface area (Å²) in [5.74, 6) is 0.305. The molecule has 7 heteroatoms. The minimum absolute atomic E-state index is 0.167. The average molecular weight is 333 g/mol. The number of carbonyl (C=O) groups excluding carboxylic acids is 1. The van der Waals surface area contributed by atoms with E-state index in [9.17, 15) is 4.79 Å². The average Bonchev–Trinajstić information content (AvgIpc) is 2.99. The Morgan fingerprint density at radius 3 is 2.64 bits per heavy atom. The Bertz CT molecular complexity index is 817. The molecule has 0 saturated carbocycles. The Kier molecular flexibility index (Phi) is 4.09. The molecule has 22 heavy (non-hydrogen) atoms. The molecule has 1 aromatic heterocycles. The summed E-state index contributed by atoms with van der Waals surface area (Å²) in [7, 11) is 0. The van der Waals surface area contributed by atoms with Crippen LogP contribution in [-0.4, -0.2) is 21.1 Å². The van der Waals surface area contributed by atoms with Crippen LogP contribution in [0.3, 0.4) is 0 Å². The van der Waals surface area contributed by atoms with Crippen molar-refractivity contribution in [2.75, 3.05) is 5.32 Å². The van der Waals surface area contributed by atoms with Gasteiger partial charge >= 0.3 is 0 Å². The number of aromatic amines is 1. The van der Waals surface area contributed by atoms with Crippen molar-refractivity contribution < 1.29 is 4.79 Å². The summed E-state index contributed by atoms with van der Waals surface area (Å²) >= 11 is 11.9. The van der Waals surface area contributed by atoms with E-state index in [-0.39, 0.29) is 11.5 Å². The molecule has 5 nitrogen and oxygen atoms in total. The molecule has 1 amide bonds. The molecule has 0 fully saturated rings. The molecule has 2 aromatic carbocycles. The van der Waals surface area contributed by atoms with Gasteiger partial charge in [0.25, 0.3) is 5.91 Å². The first-order valence-corrected chi connectivity index (χ1v) is 7.13. The van der Waals surface area contributed by atoms with Crippen molar-refractivity contribution >= 4 is 35.1 Å². The van der Waals surface area contributed by atoms with Crippen molar-refractivity contribution in [2.24, 2.45) is 0 Å². The molecule has 0 unspecified atom stereocenters. The molecule has 0 radical (unpaired) electrons. The molecule has 0 aliphatic rings. The van der Waals surface area contributed by atoms with Gasteiger partial charge in [-0.25, -0.2) is 0 Å². The van der Waals surface area contributed by atoms with Gasteiger partial charge in [-0.1, -0.05) is 53.5 Å². The number of rotatable bonds is 3. The highest BCUT2D eigenvalue weighted by Gasteiger charge is 2.14. The second kappa shape index (κ2) is 6.17. The van der Waals surface area contributed by atoms with Gasteiger partial charge < -0.3 is 0 Å². The van der Waals surface area contributed by atoms with Crippen LogP contribution in [0.15, 0.2) is 48.5 Å². The Balaban J connectivity index is 1.81. The van der Waals surface area contributed by atoms with Gasteiger partial charge in [0.15, 0.2) is 5.82 Å². The van der Waals surface area contributed by atoms with E-state index in [0.29, 0.717) is 15.9 Å². The van der Waals surface area contributed by atoms with Crippen LogP contribution in [0.5, 0.6) is 0 Å². The second-order valence-corrected chi connectivity index (χ2v) is 5.30. The Morgan fingerprint density at radius 1 is 1.09 bits per heavy atom. The molecule has 110 valence electrons. The maximum atomic E-state index is 12.2. The number of nitrogens with zero attached hydrogens (tertiary/aromatic N) is 2. The van der Waals surface area contributed by atoms with E-state index in [1.165, 1.54) is 6.07 Å². The molecule has 1 heterocycles. The molecule has 0 aliphatic heterocycles. The SMILES string of the molecule is O=C(Nc1n[nH]c(-c2ccccc2)n1)c1cc(Cl)ccc1Cl. The van der Waals surface area contributed by atoms with Gasteiger partial charge in [-0.2, -0.15) is 4.98 Å². The molecule has 2 N–H and O–H groups in total. The summed E-state index contributed by atoms with van der Waals surface area (Å²) in [5, 5.41) is 10.0. The predicted octanol–water partition coefficient (Wildman–Crippen LogP) is 4.03. The summed E-state index contributed by atoms with van der Waals surface area (Å²) in [4.78, 5) is 16.4. The van der Waals surface area contributed by atoms with Gasteiger partial charge in [-0.05, 0) is 18.2 Å². The molecule has 0 atom stereocenters. The summed E-state index contributed by atoms with van der Waals surface area (Å²) in [6.45, 7) is 0. The number of amides is 1. The summed E-state index contributed by atoms with van der Waals surface area (Å²) < 4.78 is 0. The summed E-state index contributed by atoms with van der Waals surface area (Å²) in [5.41, 5.74) is 1.14. The maximum absolute atomic E-state index is 12.2. The van der Waals surface area contributed by atoms with E-state index in [2.05, 4.69) is 20.5 Å². The van der Waals surface area contributed by atoms with Crippen molar-refractivity contribution in [3.63, 3.8) is 0 Å². The number of nitrogens with one attached hydrogen (secondary N) is 2. The van der Waals surface area contributed by atoms with Crippen molar-refractivity contribution in [3.8, 4) is 11.4 Å². The summed E-state index contributed by atoms with van der Waals surface area (Å²) in [6, 6.07) is 14.1. The van der Waals surface area contributed by atoms with E-state index in [0.717, 1.165) is 5.56 Å². The lowest BCUT2D eigenvalue weighted by molar-refractivity contribution is 0.102. The predicted molar refractivity (Wildman–Crippen MR) is 86.2 cm³/mol. The van der Waals surface area contributed by atoms with Crippen molar-refractivity contribution in [2.45, 2.75) is 0 Å². The van der Waals surface area contributed by atoms with Crippen LogP contribution in [0, 0.1) is 0 Å². The van der Waals surface area contributed by atoms with E-state index in [1.54, 1.807) is 12.1 Å². The molecule has 0 saturated heterocycles. The number of carbonyl (C=O) groups is 1. The monoisotopic (exact) mass is 332 g/mol. The fraction of sp³-hybridized carbons (Fsp3) is 0. The zero-order chi connectivity index (χ0) is 15.5. The zero-order valence-electron chi connectivity index (χ0n) is 11.2. The van der Waals surface area contributed by atoms with Crippen LogP contribution >= 0.6 is 23.2 Å². The number of benzene rings is 2. The molecular weight excluding hydrogens is 323 g/mol. The van der Waals surface area contributed by atoms with Gasteiger partial charge in [0.1, 0.15) is 0 Å². The largest absolute Gasteiger partial charge is 0.289 e. The minimum atomic E-state index is -0.425. The van der Waals surface area contributed by atoms with E-state index >= 15 is 0 Å². The van der Waals surface area contributed by atoms with Gasteiger partial charge in [-0.3, -0.25) is 15.2 Å². The lowest BCUT2D eigenvalue weighted by Gasteiger charge is -2.03. The number of hydrogen-bond acceptors (Lipinski definition) is 3. The number of hydrogen-bond donors (Lipinski definition) is 2. The molecule has 0 bridgehead atoms. The van der Waals surface area contributed by atoms with Gasteiger partial charge in [0.05, 0.1) is 10.6 Å². The number of aromatic nitrogens is 3. The highest BCUT2D eigenvalue weighted by molar-refractivity contribution is 6.36. The second-order valence-electron chi connectivity index (χ2n) is 4.45. The third-order valence-electron chi connectivity index (χ3n) is 2.93. The maximum Gasteiger partial charge on any atom is 0.259 e. The lowest BCUT2D eigenvalue weighted by atomic mass is 10.2. The number of H-pyrrole nitrogens is 1. The zero-order valence-corrected chi connectivity index (χ0v) is 12.7. The van der Waals surface area contributed by atoms with Crippen LogP contribution in [0.25, 0.3) is 11.4 Å². The van der Waals surface area contributed by atoms with Crippen LogP contribution in [-0.2, 0) is 0 Å². The fourth-order valence-corrected chi connectivity index (χ4v) is 2.26. The molecule has 3 rings (SSSR count). The Labute approximate surface area is 136 Å². The van der Waals surface area contributed by atoms with Crippen molar-refractivity contribution in [1.29, 1.82) is 0 Å². The van der Waals surface area contributed by atoms with Crippen molar-refractivity contribution in [3.05, 3.63) is 64.1 Å². The van der Waals surface area contributed by atoms with E-state index in [4.69, 9.17) is 23.2 Å². The number of anilines is 1. The highest BCUT2D eigenvalue weighted by Crippen LogP contribution is 2.22. The van der Waals surface area contributed by atoms with Gasteiger partial charge in [0, 0.05) is 10.6 Å².